The van der Waals surface area contributed by atoms with E-state index in [1.807, 2.05) is 11.3 Å². The smallest absolute Gasteiger partial charge is 0.255 e. The van der Waals surface area contributed by atoms with E-state index in [1.54, 1.807) is 0 Å². The van der Waals surface area contributed by atoms with Crippen molar-refractivity contribution in [2.45, 2.75) is 52.8 Å². The van der Waals surface area contributed by atoms with Crippen LogP contribution in [0.5, 0.6) is 0 Å². The van der Waals surface area contributed by atoms with Gasteiger partial charge in [0.15, 0.2) is 5.82 Å². The van der Waals surface area contributed by atoms with Gasteiger partial charge in [0.2, 0.25) is 0 Å². The Morgan fingerprint density at radius 2 is 2.26 bits per heavy atom. The summed E-state index contributed by atoms with van der Waals surface area (Å²) in [6.45, 7) is 10.1. The van der Waals surface area contributed by atoms with E-state index in [1.165, 1.54) is 10.4 Å². The van der Waals surface area contributed by atoms with Crippen LogP contribution >= 0.6 is 11.3 Å². The Balaban J connectivity index is 1.66. The van der Waals surface area contributed by atoms with Crippen LogP contribution in [0.1, 0.15) is 54.9 Å². The summed E-state index contributed by atoms with van der Waals surface area (Å²) >= 11 is 1.82. The van der Waals surface area contributed by atoms with Gasteiger partial charge in [-0.1, -0.05) is 19.0 Å². The molecular weight excluding hydrogens is 310 g/mol. The van der Waals surface area contributed by atoms with Crippen molar-refractivity contribution in [2.75, 3.05) is 13.2 Å². The molecule has 0 bridgehead atoms. The topological polar surface area (TPSA) is 51.4 Å². The standard InChI is InChI=1S/C17H25N3O2S/c1-12(2)9-20(10-15-13(3)6-8-23-15)11-16-18-17(22-19-16)14-5-4-7-21-14/h6,8,12,14H,4-5,7,9-11H2,1-3H3. The maximum Gasteiger partial charge on any atom is 0.255 e. The lowest BCUT2D eigenvalue weighted by Gasteiger charge is -2.22. The Kier molecular flexibility index (Phi) is 5.46. The molecule has 6 heteroatoms. The SMILES string of the molecule is Cc1ccsc1CN(Cc1noc(C2CCCO2)n1)CC(C)C. The molecule has 126 valence electrons. The lowest BCUT2D eigenvalue weighted by molar-refractivity contribution is 0.0835. The van der Waals surface area contributed by atoms with Gasteiger partial charge in [-0.2, -0.15) is 4.98 Å². The second-order valence-corrected chi connectivity index (χ2v) is 7.64. The van der Waals surface area contributed by atoms with Gasteiger partial charge >= 0.3 is 0 Å². The van der Waals surface area contributed by atoms with E-state index in [-0.39, 0.29) is 6.10 Å². The lowest BCUT2D eigenvalue weighted by atomic mass is 10.2. The first-order valence-electron chi connectivity index (χ1n) is 8.31. The summed E-state index contributed by atoms with van der Waals surface area (Å²) in [6, 6.07) is 2.18. The predicted octanol–water partition coefficient (Wildman–Crippen LogP) is 3.95. The highest BCUT2D eigenvalue weighted by Gasteiger charge is 2.24. The van der Waals surface area contributed by atoms with Gasteiger partial charge in [-0.15, -0.1) is 11.3 Å². The average Bonchev–Trinajstić information content (AvgIpc) is 3.21. The number of ether oxygens (including phenoxy) is 1. The largest absolute Gasteiger partial charge is 0.368 e. The molecule has 0 saturated carbocycles. The van der Waals surface area contributed by atoms with Crippen molar-refractivity contribution in [1.29, 1.82) is 0 Å². The molecule has 0 aromatic carbocycles. The van der Waals surface area contributed by atoms with Gasteiger partial charge in [0.05, 0.1) is 6.54 Å². The summed E-state index contributed by atoms with van der Waals surface area (Å²) in [7, 11) is 0. The molecule has 1 fully saturated rings. The Labute approximate surface area is 141 Å². The number of nitrogens with zero attached hydrogens (tertiary/aromatic N) is 3. The van der Waals surface area contributed by atoms with Gasteiger partial charge in [0, 0.05) is 24.6 Å². The van der Waals surface area contributed by atoms with Crippen LogP contribution in [-0.2, 0) is 17.8 Å². The molecule has 1 aliphatic heterocycles. The first-order chi connectivity index (χ1) is 11.1. The second kappa shape index (κ2) is 7.55. The Bertz CT molecular complexity index is 617. The molecule has 0 radical (unpaired) electrons. The van der Waals surface area contributed by atoms with Crippen LogP contribution in [0.25, 0.3) is 0 Å². The zero-order valence-corrected chi connectivity index (χ0v) is 14.9. The molecule has 1 atom stereocenters. The fourth-order valence-electron chi connectivity index (χ4n) is 2.91. The highest BCUT2D eigenvalue weighted by Crippen LogP contribution is 2.27. The summed E-state index contributed by atoms with van der Waals surface area (Å²) in [5.41, 5.74) is 1.36. The van der Waals surface area contributed by atoms with Crippen molar-refractivity contribution in [2.24, 2.45) is 5.92 Å². The first-order valence-corrected chi connectivity index (χ1v) is 9.19. The van der Waals surface area contributed by atoms with E-state index >= 15 is 0 Å². The third-order valence-corrected chi connectivity index (χ3v) is 5.02. The molecule has 2 aromatic rings. The Morgan fingerprint density at radius 1 is 1.39 bits per heavy atom. The van der Waals surface area contributed by atoms with Crippen LogP contribution in [0.4, 0.5) is 0 Å². The monoisotopic (exact) mass is 335 g/mol. The van der Waals surface area contributed by atoms with E-state index in [4.69, 9.17) is 9.26 Å². The fraction of sp³-hybridized carbons (Fsp3) is 0.647. The molecule has 0 amide bonds. The number of hydrogen-bond acceptors (Lipinski definition) is 6. The van der Waals surface area contributed by atoms with Gasteiger partial charge in [-0.3, -0.25) is 4.90 Å². The first kappa shape index (κ1) is 16.6. The van der Waals surface area contributed by atoms with Crippen molar-refractivity contribution in [3.63, 3.8) is 0 Å². The number of thiophene rings is 1. The zero-order chi connectivity index (χ0) is 16.2. The molecule has 2 aromatic heterocycles. The molecule has 1 aliphatic rings. The Hall–Kier alpha value is -1.24. The molecule has 23 heavy (non-hydrogen) atoms. The predicted molar refractivity (Wildman–Crippen MR) is 90.2 cm³/mol. The van der Waals surface area contributed by atoms with E-state index < -0.39 is 0 Å². The number of hydrogen-bond donors (Lipinski definition) is 0. The van der Waals surface area contributed by atoms with Crippen LogP contribution in [0, 0.1) is 12.8 Å². The molecule has 0 aliphatic carbocycles. The summed E-state index contributed by atoms with van der Waals surface area (Å²) in [5, 5.41) is 6.31. The van der Waals surface area contributed by atoms with Crippen molar-refractivity contribution >= 4 is 11.3 Å². The van der Waals surface area contributed by atoms with Gasteiger partial charge in [-0.25, -0.2) is 0 Å². The fourth-order valence-corrected chi connectivity index (χ4v) is 3.85. The quantitative estimate of drug-likeness (QED) is 0.767. The van der Waals surface area contributed by atoms with Gasteiger partial charge < -0.3 is 9.26 Å². The van der Waals surface area contributed by atoms with E-state index in [9.17, 15) is 0 Å². The molecule has 5 nitrogen and oxygen atoms in total. The van der Waals surface area contributed by atoms with Crippen LogP contribution in [-0.4, -0.2) is 28.2 Å². The van der Waals surface area contributed by atoms with Crippen molar-refractivity contribution in [3.8, 4) is 0 Å². The minimum atomic E-state index is -0.00524. The molecule has 3 rings (SSSR count). The molecule has 0 spiro atoms. The van der Waals surface area contributed by atoms with Crippen LogP contribution in [0.15, 0.2) is 16.0 Å². The minimum Gasteiger partial charge on any atom is -0.368 e. The summed E-state index contributed by atoms with van der Waals surface area (Å²) in [6.07, 6.45) is 2.04. The third kappa shape index (κ3) is 4.40. The normalized spacial score (nSPS) is 18.4. The summed E-state index contributed by atoms with van der Waals surface area (Å²) in [5.74, 6) is 1.99. The van der Waals surface area contributed by atoms with Crippen molar-refractivity contribution in [1.82, 2.24) is 15.0 Å². The zero-order valence-electron chi connectivity index (χ0n) is 14.1. The maximum atomic E-state index is 5.61. The van der Waals surface area contributed by atoms with E-state index in [0.717, 1.165) is 38.4 Å². The van der Waals surface area contributed by atoms with E-state index in [2.05, 4.69) is 47.3 Å². The lowest BCUT2D eigenvalue weighted by Crippen LogP contribution is -2.27. The van der Waals surface area contributed by atoms with E-state index in [0.29, 0.717) is 18.4 Å². The molecule has 1 saturated heterocycles. The maximum absolute atomic E-state index is 5.61. The third-order valence-electron chi connectivity index (χ3n) is 4.01. The summed E-state index contributed by atoms with van der Waals surface area (Å²) in [4.78, 5) is 8.36. The molecule has 3 heterocycles. The average molecular weight is 335 g/mol. The summed E-state index contributed by atoms with van der Waals surface area (Å²) < 4.78 is 11.0. The second-order valence-electron chi connectivity index (χ2n) is 6.64. The number of aromatic nitrogens is 2. The highest BCUT2D eigenvalue weighted by molar-refractivity contribution is 7.10. The van der Waals surface area contributed by atoms with Gasteiger partial charge in [-0.05, 0) is 42.7 Å². The Morgan fingerprint density at radius 3 is 2.91 bits per heavy atom. The molecular formula is C17H25N3O2S. The van der Waals surface area contributed by atoms with Gasteiger partial charge in [0.25, 0.3) is 5.89 Å². The highest BCUT2D eigenvalue weighted by atomic mass is 32.1. The van der Waals surface area contributed by atoms with Crippen LogP contribution in [0.2, 0.25) is 0 Å². The van der Waals surface area contributed by atoms with Crippen molar-refractivity contribution < 1.29 is 9.26 Å². The van der Waals surface area contributed by atoms with Crippen molar-refractivity contribution in [3.05, 3.63) is 33.6 Å². The molecule has 0 N–H and O–H groups in total. The number of aryl methyl sites for hydroxylation is 1. The minimum absolute atomic E-state index is 0.00524. The number of rotatable bonds is 7. The van der Waals surface area contributed by atoms with Crippen LogP contribution < -0.4 is 0 Å². The molecule has 1 unspecified atom stereocenters. The van der Waals surface area contributed by atoms with Crippen LogP contribution in [0.3, 0.4) is 0 Å². The van der Waals surface area contributed by atoms with Gasteiger partial charge in [0.1, 0.15) is 6.10 Å².